The molecular formula is C15H25N3S2. The highest BCUT2D eigenvalue weighted by Gasteiger charge is 2.34. The fourth-order valence-corrected chi connectivity index (χ4v) is 5.88. The van der Waals surface area contributed by atoms with E-state index in [0.717, 1.165) is 25.9 Å². The monoisotopic (exact) mass is 311 g/mol. The number of thiazole rings is 1. The maximum atomic E-state index is 6.37. The van der Waals surface area contributed by atoms with Gasteiger partial charge in [0.1, 0.15) is 0 Å². The minimum atomic E-state index is 0.175. The standard InChI is InChI=1S/C15H25N3S2/c1-9-7-18(8-10(2)19-9)14-17-12-6-15(3,4)5-11(16)13(12)20-14/h9-11H,5-8,16H2,1-4H3. The average molecular weight is 312 g/mol. The molecule has 1 fully saturated rings. The Morgan fingerprint density at radius 1 is 1.25 bits per heavy atom. The molecule has 2 N–H and O–H groups in total. The molecule has 3 atom stereocenters. The molecular weight excluding hydrogens is 286 g/mol. The van der Waals surface area contributed by atoms with Crippen LogP contribution in [0.1, 0.15) is 50.7 Å². The SMILES string of the molecule is CC1CN(c2nc3c(s2)C(N)CC(C)(C)C3)CC(C)S1. The van der Waals surface area contributed by atoms with Crippen LogP contribution in [-0.4, -0.2) is 28.6 Å². The number of rotatable bonds is 1. The van der Waals surface area contributed by atoms with Gasteiger partial charge in [0.2, 0.25) is 0 Å². The normalized spacial score (nSPS) is 33.0. The maximum absolute atomic E-state index is 6.37. The van der Waals surface area contributed by atoms with Crippen molar-refractivity contribution >= 4 is 28.2 Å². The van der Waals surface area contributed by atoms with Gasteiger partial charge >= 0.3 is 0 Å². The Morgan fingerprint density at radius 3 is 2.55 bits per heavy atom. The van der Waals surface area contributed by atoms with Crippen molar-refractivity contribution in [1.82, 2.24) is 4.98 Å². The van der Waals surface area contributed by atoms with Crippen LogP contribution in [0, 0.1) is 5.41 Å². The molecule has 3 nitrogen and oxygen atoms in total. The molecule has 1 aliphatic heterocycles. The Labute approximate surface area is 130 Å². The molecule has 112 valence electrons. The molecule has 0 amide bonds. The molecule has 1 saturated heterocycles. The molecule has 0 saturated carbocycles. The predicted octanol–water partition coefficient (Wildman–Crippen LogP) is 3.45. The van der Waals surface area contributed by atoms with Crippen molar-refractivity contribution in [3.05, 3.63) is 10.6 Å². The molecule has 1 aliphatic carbocycles. The number of hydrogen-bond donors (Lipinski definition) is 1. The van der Waals surface area contributed by atoms with E-state index in [9.17, 15) is 0 Å². The van der Waals surface area contributed by atoms with E-state index in [1.165, 1.54) is 15.7 Å². The first-order chi connectivity index (χ1) is 9.34. The summed E-state index contributed by atoms with van der Waals surface area (Å²) in [6, 6.07) is 0.175. The van der Waals surface area contributed by atoms with Crippen LogP contribution in [0.2, 0.25) is 0 Å². The molecule has 5 heteroatoms. The molecule has 2 aliphatic rings. The fraction of sp³-hybridized carbons (Fsp3) is 0.800. The first-order valence-electron chi connectivity index (χ1n) is 7.50. The van der Waals surface area contributed by atoms with Gasteiger partial charge in [-0.1, -0.05) is 39.0 Å². The van der Waals surface area contributed by atoms with Gasteiger partial charge < -0.3 is 10.6 Å². The van der Waals surface area contributed by atoms with E-state index >= 15 is 0 Å². The molecule has 3 unspecified atom stereocenters. The summed E-state index contributed by atoms with van der Waals surface area (Å²) in [4.78, 5) is 8.74. The molecule has 1 aromatic heterocycles. The Bertz CT molecular complexity index is 487. The van der Waals surface area contributed by atoms with Crippen molar-refractivity contribution in [1.29, 1.82) is 0 Å². The average Bonchev–Trinajstić information content (AvgIpc) is 2.69. The summed E-state index contributed by atoms with van der Waals surface area (Å²) >= 11 is 3.92. The van der Waals surface area contributed by atoms with Gasteiger partial charge in [-0.3, -0.25) is 0 Å². The van der Waals surface area contributed by atoms with Crippen molar-refractivity contribution in [3.63, 3.8) is 0 Å². The van der Waals surface area contributed by atoms with Crippen LogP contribution >= 0.6 is 23.1 Å². The van der Waals surface area contributed by atoms with Gasteiger partial charge in [-0.25, -0.2) is 4.98 Å². The number of fused-ring (bicyclic) bond motifs is 1. The van der Waals surface area contributed by atoms with E-state index in [-0.39, 0.29) is 11.5 Å². The van der Waals surface area contributed by atoms with E-state index in [2.05, 4.69) is 44.4 Å². The van der Waals surface area contributed by atoms with E-state index in [1.54, 1.807) is 0 Å². The quantitative estimate of drug-likeness (QED) is 0.862. The molecule has 20 heavy (non-hydrogen) atoms. The fourth-order valence-electron chi connectivity index (χ4n) is 3.45. The minimum Gasteiger partial charge on any atom is -0.346 e. The summed E-state index contributed by atoms with van der Waals surface area (Å²) in [5, 5.41) is 2.57. The van der Waals surface area contributed by atoms with Crippen molar-refractivity contribution in [3.8, 4) is 0 Å². The summed E-state index contributed by atoms with van der Waals surface area (Å²) < 4.78 is 0. The molecule has 0 aromatic carbocycles. The zero-order valence-corrected chi connectivity index (χ0v) is 14.5. The third kappa shape index (κ3) is 2.85. The lowest BCUT2D eigenvalue weighted by Gasteiger charge is -2.34. The number of nitrogens with two attached hydrogens (primary N) is 1. The van der Waals surface area contributed by atoms with Crippen LogP contribution in [0.3, 0.4) is 0 Å². The van der Waals surface area contributed by atoms with E-state index in [1.807, 2.05) is 11.3 Å². The third-order valence-corrected chi connectivity index (χ3v) is 6.68. The summed E-state index contributed by atoms with van der Waals surface area (Å²) in [6.45, 7) is 11.5. The Kier molecular flexibility index (Phi) is 3.80. The molecule has 0 radical (unpaired) electrons. The van der Waals surface area contributed by atoms with Crippen molar-refractivity contribution < 1.29 is 0 Å². The smallest absolute Gasteiger partial charge is 0.185 e. The largest absolute Gasteiger partial charge is 0.346 e. The Morgan fingerprint density at radius 2 is 1.90 bits per heavy atom. The van der Waals surface area contributed by atoms with Crippen molar-refractivity contribution in [2.75, 3.05) is 18.0 Å². The highest BCUT2D eigenvalue weighted by molar-refractivity contribution is 8.00. The second-order valence-electron chi connectivity index (χ2n) is 7.12. The lowest BCUT2D eigenvalue weighted by molar-refractivity contribution is 0.282. The summed E-state index contributed by atoms with van der Waals surface area (Å²) in [5.74, 6) is 0. The summed E-state index contributed by atoms with van der Waals surface area (Å²) in [7, 11) is 0. The molecule has 3 rings (SSSR count). The van der Waals surface area contributed by atoms with Gasteiger partial charge in [0, 0.05) is 34.5 Å². The topological polar surface area (TPSA) is 42.2 Å². The van der Waals surface area contributed by atoms with Crippen LogP contribution in [0.5, 0.6) is 0 Å². The van der Waals surface area contributed by atoms with Gasteiger partial charge in [0.25, 0.3) is 0 Å². The second kappa shape index (κ2) is 5.18. The lowest BCUT2D eigenvalue weighted by Crippen LogP contribution is -2.40. The van der Waals surface area contributed by atoms with Crippen LogP contribution in [0.25, 0.3) is 0 Å². The van der Waals surface area contributed by atoms with E-state index in [0.29, 0.717) is 10.5 Å². The van der Waals surface area contributed by atoms with Crippen molar-refractivity contribution in [2.45, 2.75) is 57.1 Å². The number of anilines is 1. The van der Waals surface area contributed by atoms with E-state index < -0.39 is 0 Å². The number of thioether (sulfide) groups is 1. The zero-order chi connectivity index (χ0) is 14.5. The second-order valence-corrected chi connectivity index (χ2v) is 10.0. The van der Waals surface area contributed by atoms with E-state index in [4.69, 9.17) is 10.7 Å². The van der Waals surface area contributed by atoms with Gasteiger partial charge in [-0.05, 0) is 18.3 Å². The Balaban J connectivity index is 1.86. The van der Waals surface area contributed by atoms with Gasteiger partial charge in [-0.15, -0.1) is 0 Å². The Hall–Kier alpha value is -0.260. The number of hydrogen-bond acceptors (Lipinski definition) is 5. The number of nitrogens with zero attached hydrogens (tertiary/aromatic N) is 2. The van der Waals surface area contributed by atoms with Crippen LogP contribution in [0.15, 0.2) is 0 Å². The molecule has 0 bridgehead atoms. The summed E-state index contributed by atoms with van der Waals surface area (Å²) in [6.07, 6.45) is 2.14. The van der Waals surface area contributed by atoms with Crippen LogP contribution in [-0.2, 0) is 6.42 Å². The van der Waals surface area contributed by atoms with Gasteiger partial charge in [0.05, 0.1) is 5.69 Å². The minimum absolute atomic E-state index is 0.175. The molecule has 1 aromatic rings. The lowest BCUT2D eigenvalue weighted by atomic mass is 9.77. The van der Waals surface area contributed by atoms with Crippen LogP contribution in [0.4, 0.5) is 5.13 Å². The first kappa shape index (κ1) is 14.7. The zero-order valence-electron chi connectivity index (χ0n) is 12.8. The highest BCUT2D eigenvalue weighted by Crippen LogP contribution is 2.44. The summed E-state index contributed by atoms with van der Waals surface area (Å²) in [5.41, 5.74) is 7.91. The third-order valence-electron chi connectivity index (χ3n) is 4.16. The van der Waals surface area contributed by atoms with Crippen molar-refractivity contribution in [2.24, 2.45) is 11.1 Å². The molecule has 2 heterocycles. The predicted molar refractivity (Wildman–Crippen MR) is 89.9 cm³/mol. The molecule has 0 spiro atoms. The van der Waals surface area contributed by atoms with Crippen LogP contribution < -0.4 is 10.6 Å². The number of aromatic nitrogens is 1. The van der Waals surface area contributed by atoms with Gasteiger partial charge in [-0.2, -0.15) is 11.8 Å². The highest BCUT2D eigenvalue weighted by atomic mass is 32.2. The maximum Gasteiger partial charge on any atom is 0.185 e. The first-order valence-corrected chi connectivity index (χ1v) is 9.25. The van der Waals surface area contributed by atoms with Gasteiger partial charge in [0.15, 0.2) is 5.13 Å².